The van der Waals surface area contributed by atoms with Crippen molar-refractivity contribution in [1.82, 2.24) is 15.8 Å². The van der Waals surface area contributed by atoms with E-state index < -0.39 is 29.2 Å². The van der Waals surface area contributed by atoms with Crippen LogP contribution in [0.15, 0.2) is 48.5 Å². The average Bonchev–Trinajstić information content (AvgIpc) is 2.91. The molecule has 0 spiro atoms. The third kappa shape index (κ3) is 4.15. The molecule has 0 bridgehead atoms. The zero-order valence-corrected chi connectivity index (χ0v) is 16.6. The summed E-state index contributed by atoms with van der Waals surface area (Å²) in [6, 6.07) is 10.2. The van der Waals surface area contributed by atoms with E-state index in [4.69, 9.17) is 17.0 Å². The van der Waals surface area contributed by atoms with Crippen molar-refractivity contribution in [1.29, 1.82) is 0 Å². The molecule has 0 radical (unpaired) electrons. The fraction of sp³-hybridized carbons (Fsp3) is 0.211. The number of benzene rings is 2. The molecule has 0 aromatic heterocycles. The van der Waals surface area contributed by atoms with Gasteiger partial charge >= 0.3 is 12.2 Å². The highest BCUT2D eigenvalue weighted by atomic mass is 32.1. The predicted octanol–water partition coefficient (Wildman–Crippen LogP) is 3.38. The van der Waals surface area contributed by atoms with E-state index >= 15 is 0 Å². The van der Waals surface area contributed by atoms with Gasteiger partial charge in [-0.05, 0) is 55.0 Å². The van der Waals surface area contributed by atoms with E-state index in [0.717, 1.165) is 12.1 Å². The molecule has 2 aromatic carbocycles. The van der Waals surface area contributed by atoms with Crippen LogP contribution in [0, 0.1) is 0 Å². The lowest BCUT2D eigenvalue weighted by Crippen LogP contribution is -2.49. The first-order valence-electron chi connectivity index (χ1n) is 8.61. The molecule has 1 aliphatic rings. The molecule has 30 heavy (non-hydrogen) atoms. The van der Waals surface area contributed by atoms with Crippen molar-refractivity contribution in [3.8, 4) is 5.75 Å². The molecular weight excluding hydrogens is 421 g/mol. The molecule has 0 saturated carbocycles. The Balaban J connectivity index is 1.75. The summed E-state index contributed by atoms with van der Waals surface area (Å²) < 4.78 is 43.7. The first kappa shape index (κ1) is 21.4. The summed E-state index contributed by atoms with van der Waals surface area (Å²) in [7, 11) is 1.47. The van der Waals surface area contributed by atoms with Crippen LogP contribution in [0.25, 0.3) is 0 Å². The second-order valence-corrected chi connectivity index (χ2v) is 6.98. The Morgan fingerprint density at radius 2 is 1.87 bits per heavy atom. The Hall–Kier alpha value is -3.34. The number of rotatable bonds is 4. The lowest BCUT2D eigenvalue weighted by atomic mass is 9.92. The number of ether oxygens (including phenoxy) is 1. The van der Waals surface area contributed by atoms with Crippen molar-refractivity contribution >= 4 is 35.0 Å². The van der Waals surface area contributed by atoms with Gasteiger partial charge in [0, 0.05) is 5.69 Å². The van der Waals surface area contributed by atoms with Gasteiger partial charge in [-0.15, -0.1) is 0 Å². The molecule has 3 rings (SSSR count). The maximum atomic E-state index is 12.9. The van der Waals surface area contributed by atoms with Crippen molar-refractivity contribution in [2.24, 2.45) is 0 Å². The van der Waals surface area contributed by atoms with Gasteiger partial charge in [0.2, 0.25) is 0 Å². The number of hydrogen-bond donors (Lipinski definition) is 3. The molecule has 11 heteroatoms. The second kappa shape index (κ2) is 7.82. The molecule has 1 atom stereocenters. The van der Waals surface area contributed by atoms with E-state index in [9.17, 15) is 22.8 Å². The minimum atomic E-state index is -4.52. The van der Waals surface area contributed by atoms with Crippen LogP contribution in [0.3, 0.4) is 0 Å². The smallest absolute Gasteiger partial charge is 0.416 e. The van der Waals surface area contributed by atoms with Gasteiger partial charge < -0.3 is 15.4 Å². The summed E-state index contributed by atoms with van der Waals surface area (Å²) in [6.45, 7) is 1.52. The molecule has 3 amide bonds. The van der Waals surface area contributed by atoms with Gasteiger partial charge in [0.15, 0.2) is 5.11 Å². The molecule has 158 valence electrons. The average molecular weight is 438 g/mol. The Morgan fingerprint density at radius 1 is 1.17 bits per heavy atom. The fourth-order valence-electron chi connectivity index (χ4n) is 2.90. The van der Waals surface area contributed by atoms with Gasteiger partial charge in [0.1, 0.15) is 11.3 Å². The summed E-state index contributed by atoms with van der Waals surface area (Å²) in [5.41, 5.74) is 0.702. The molecule has 1 heterocycles. The van der Waals surface area contributed by atoms with Gasteiger partial charge in [-0.1, -0.05) is 18.2 Å². The minimum Gasteiger partial charge on any atom is -0.497 e. The van der Waals surface area contributed by atoms with Crippen molar-refractivity contribution in [2.45, 2.75) is 18.6 Å². The number of halogens is 3. The molecule has 0 aliphatic carbocycles. The number of thiocarbonyl (C=S) groups is 1. The lowest BCUT2D eigenvalue weighted by Gasteiger charge is -2.23. The van der Waals surface area contributed by atoms with Crippen molar-refractivity contribution < 1.29 is 27.5 Å². The van der Waals surface area contributed by atoms with Crippen molar-refractivity contribution in [2.75, 3.05) is 12.4 Å². The Kier molecular flexibility index (Phi) is 5.57. The second-order valence-electron chi connectivity index (χ2n) is 6.57. The molecule has 1 aliphatic heterocycles. The van der Waals surface area contributed by atoms with Crippen LogP contribution in [0.1, 0.15) is 18.1 Å². The van der Waals surface area contributed by atoms with Crippen LogP contribution in [0.4, 0.5) is 23.7 Å². The van der Waals surface area contributed by atoms with Crippen LogP contribution >= 0.6 is 12.2 Å². The number of nitrogens with zero attached hydrogens (tertiary/aromatic N) is 1. The summed E-state index contributed by atoms with van der Waals surface area (Å²) in [4.78, 5) is 25.3. The first-order valence-corrected chi connectivity index (χ1v) is 9.01. The highest BCUT2D eigenvalue weighted by molar-refractivity contribution is 7.80. The van der Waals surface area contributed by atoms with Crippen LogP contribution in [-0.4, -0.2) is 29.2 Å². The third-order valence-electron chi connectivity index (χ3n) is 4.50. The Morgan fingerprint density at radius 3 is 2.53 bits per heavy atom. The predicted molar refractivity (Wildman–Crippen MR) is 107 cm³/mol. The number of nitrogens with one attached hydrogen (secondary N) is 3. The molecule has 7 nitrogen and oxygen atoms in total. The normalized spacial score (nSPS) is 18.8. The molecule has 3 N–H and O–H groups in total. The zero-order valence-electron chi connectivity index (χ0n) is 15.8. The maximum Gasteiger partial charge on any atom is 0.416 e. The van der Waals surface area contributed by atoms with Gasteiger partial charge in [0.05, 0.1) is 12.7 Å². The highest BCUT2D eigenvalue weighted by Gasteiger charge is 2.50. The van der Waals surface area contributed by atoms with Crippen LogP contribution < -0.4 is 20.8 Å². The largest absolute Gasteiger partial charge is 0.497 e. The Bertz CT molecular complexity index is 1010. The van der Waals surface area contributed by atoms with E-state index in [0.29, 0.717) is 16.3 Å². The number of hydrogen-bond acceptors (Lipinski definition) is 4. The van der Waals surface area contributed by atoms with Gasteiger partial charge in [-0.2, -0.15) is 18.2 Å². The number of hydrazine groups is 1. The van der Waals surface area contributed by atoms with E-state index in [2.05, 4.69) is 16.1 Å². The number of amides is 3. The number of imide groups is 1. The number of methoxy groups -OCH3 is 1. The van der Waals surface area contributed by atoms with Gasteiger partial charge in [-0.3, -0.25) is 10.2 Å². The molecule has 1 saturated heterocycles. The minimum absolute atomic E-state index is 0.0462. The number of carbonyl (C=O) groups excluding carboxylic acids is 2. The van der Waals surface area contributed by atoms with Gasteiger partial charge in [0.25, 0.3) is 5.91 Å². The topological polar surface area (TPSA) is 82.7 Å². The lowest BCUT2D eigenvalue weighted by molar-refractivity contribution is -0.137. The first-order chi connectivity index (χ1) is 14.0. The third-order valence-corrected chi connectivity index (χ3v) is 4.69. The highest BCUT2D eigenvalue weighted by Crippen LogP contribution is 2.31. The number of carbonyl (C=O) groups is 2. The molecule has 1 fully saturated rings. The van der Waals surface area contributed by atoms with Crippen LogP contribution in [0.5, 0.6) is 5.75 Å². The zero-order chi connectivity index (χ0) is 22.1. The quantitative estimate of drug-likeness (QED) is 0.502. The van der Waals surface area contributed by atoms with Gasteiger partial charge in [-0.25, -0.2) is 4.79 Å². The van der Waals surface area contributed by atoms with Crippen molar-refractivity contribution in [3.63, 3.8) is 0 Å². The number of urea groups is 1. The summed E-state index contributed by atoms with van der Waals surface area (Å²) >= 11 is 5.05. The fourth-order valence-corrected chi connectivity index (χ4v) is 3.11. The summed E-state index contributed by atoms with van der Waals surface area (Å²) in [6.07, 6.45) is -4.52. The van der Waals surface area contributed by atoms with E-state index in [1.807, 2.05) is 0 Å². The number of alkyl halides is 3. The maximum absolute atomic E-state index is 12.9. The SMILES string of the molecule is COc1cccc(C2(C)NC(=O)N(NC(=S)Nc3cccc(C(F)(F)F)c3)C2=O)c1. The monoisotopic (exact) mass is 438 g/mol. The summed E-state index contributed by atoms with van der Waals surface area (Å²) in [5.74, 6) is -0.141. The summed E-state index contributed by atoms with van der Waals surface area (Å²) in [5, 5.41) is 5.55. The van der Waals surface area contributed by atoms with E-state index in [1.165, 1.54) is 26.2 Å². The number of anilines is 1. The molecule has 1 unspecified atom stereocenters. The van der Waals surface area contributed by atoms with Crippen molar-refractivity contribution in [3.05, 3.63) is 59.7 Å². The van der Waals surface area contributed by atoms with Crippen LogP contribution in [0.2, 0.25) is 0 Å². The standard InChI is InChI=1S/C19H17F3N4O3S/c1-18(11-5-4-8-14(10-11)29-2)15(27)26(17(28)24-18)25-16(30)23-13-7-3-6-12(9-13)19(20,21)22/h3-10H,1-2H3,(H,24,28)(H2,23,25,30). The Labute approximate surface area is 175 Å². The molecule has 2 aromatic rings. The van der Waals surface area contributed by atoms with Crippen LogP contribution in [-0.2, 0) is 16.5 Å². The molecular formula is C19H17F3N4O3S. The van der Waals surface area contributed by atoms with E-state index in [1.54, 1.807) is 24.3 Å². The van der Waals surface area contributed by atoms with E-state index in [-0.39, 0.29) is 10.8 Å².